The third-order valence-electron chi connectivity index (χ3n) is 2.68. The minimum atomic E-state index is -3.68. The van der Waals surface area contributed by atoms with Crippen molar-refractivity contribution in [3.05, 3.63) is 28.2 Å². The van der Waals surface area contributed by atoms with Crippen LogP contribution in [0.25, 0.3) is 0 Å². The van der Waals surface area contributed by atoms with Crippen molar-refractivity contribution in [2.45, 2.75) is 24.9 Å². The van der Waals surface area contributed by atoms with Crippen molar-refractivity contribution in [2.75, 3.05) is 5.73 Å². The molecule has 0 aliphatic heterocycles. The lowest BCUT2D eigenvalue weighted by Gasteiger charge is -2.13. The summed E-state index contributed by atoms with van der Waals surface area (Å²) in [5, 5.41) is -0.00683. The summed E-state index contributed by atoms with van der Waals surface area (Å²) in [4.78, 5) is 5.89. The van der Waals surface area contributed by atoms with Crippen LogP contribution < -0.4 is 10.5 Å². The lowest BCUT2D eigenvalue weighted by molar-refractivity contribution is 0.559. The number of anilines is 1. The Balaban J connectivity index is 2.27. The first-order valence-electron chi connectivity index (χ1n) is 5.66. The maximum absolute atomic E-state index is 12.3. The topological polar surface area (TPSA) is 90.0 Å². The highest BCUT2D eigenvalue weighted by atomic mass is 32.2. The van der Waals surface area contributed by atoms with Crippen LogP contribution in [0.5, 0.6) is 0 Å². The molecular weight excluding hydrogens is 284 g/mol. The number of thiophene rings is 1. The number of nitrogens with one attached hydrogen (secondary N) is 1. The molecular formula is C11H16N4O2S2. The lowest BCUT2D eigenvalue weighted by atomic mass is 10.3. The Hall–Kier alpha value is -1.38. The molecule has 0 saturated heterocycles. The SMILES string of the molecule is Cc1ccc(C(C)NS(=O)(=O)c2c(N)ncn2C)s1. The van der Waals surface area contributed by atoms with Crippen LogP contribution in [0.3, 0.4) is 0 Å². The molecule has 2 aromatic rings. The molecule has 0 aromatic carbocycles. The zero-order valence-electron chi connectivity index (χ0n) is 10.9. The Morgan fingerprint density at radius 1 is 1.47 bits per heavy atom. The molecule has 1 unspecified atom stereocenters. The van der Waals surface area contributed by atoms with Gasteiger partial charge in [-0.25, -0.2) is 18.1 Å². The number of imidazole rings is 1. The fourth-order valence-corrected chi connectivity index (χ4v) is 4.21. The molecule has 0 spiro atoms. The van der Waals surface area contributed by atoms with Crippen molar-refractivity contribution in [2.24, 2.45) is 7.05 Å². The number of aromatic nitrogens is 2. The van der Waals surface area contributed by atoms with E-state index in [-0.39, 0.29) is 16.9 Å². The van der Waals surface area contributed by atoms with Crippen molar-refractivity contribution in [3.63, 3.8) is 0 Å². The molecule has 19 heavy (non-hydrogen) atoms. The maximum atomic E-state index is 12.3. The molecule has 2 heterocycles. The first-order valence-corrected chi connectivity index (χ1v) is 7.96. The maximum Gasteiger partial charge on any atom is 0.260 e. The number of nitrogens with two attached hydrogens (primary N) is 1. The zero-order valence-corrected chi connectivity index (χ0v) is 12.5. The Morgan fingerprint density at radius 3 is 2.63 bits per heavy atom. The number of rotatable bonds is 4. The summed E-state index contributed by atoms with van der Waals surface area (Å²) in [5.74, 6) is 0.00422. The van der Waals surface area contributed by atoms with Crippen molar-refractivity contribution >= 4 is 27.2 Å². The molecule has 0 aliphatic rings. The Bertz CT molecular complexity index is 668. The number of hydrogen-bond acceptors (Lipinski definition) is 5. The second-order valence-corrected chi connectivity index (χ2v) is 7.29. The van der Waals surface area contributed by atoms with E-state index in [4.69, 9.17) is 5.73 Å². The van der Waals surface area contributed by atoms with Crippen LogP contribution in [-0.2, 0) is 17.1 Å². The number of hydrogen-bond donors (Lipinski definition) is 2. The summed E-state index contributed by atoms with van der Waals surface area (Å²) >= 11 is 1.56. The molecule has 8 heteroatoms. The van der Waals surface area contributed by atoms with E-state index in [1.54, 1.807) is 25.3 Å². The van der Waals surface area contributed by atoms with Crippen LogP contribution in [0.4, 0.5) is 5.82 Å². The largest absolute Gasteiger partial charge is 0.381 e. The Morgan fingerprint density at radius 2 is 2.16 bits per heavy atom. The van der Waals surface area contributed by atoms with E-state index in [1.807, 2.05) is 19.1 Å². The van der Waals surface area contributed by atoms with Crippen molar-refractivity contribution in [3.8, 4) is 0 Å². The van der Waals surface area contributed by atoms with E-state index < -0.39 is 10.0 Å². The number of nitrogens with zero attached hydrogens (tertiary/aromatic N) is 2. The second kappa shape index (κ2) is 4.95. The molecule has 0 radical (unpaired) electrons. The van der Waals surface area contributed by atoms with Crippen LogP contribution in [0.1, 0.15) is 22.7 Å². The highest BCUT2D eigenvalue weighted by molar-refractivity contribution is 7.89. The summed E-state index contributed by atoms with van der Waals surface area (Å²) in [6, 6.07) is 3.57. The summed E-state index contributed by atoms with van der Waals surface area (Å²) in [6.45, 7) is 3.78. The standard InChI is InChI=1S/C11H16N4O2S2/c1-7-4-5-9(18-7)8(2)14-19(16,17)11-10(12)13-6-15(11)3/h4-6,8,14H,12H2,1-3H3. The van der Waals surface area contributed by atoms with Gasteiger partial charge in [0.25, 0.3) is 10.0 Å². The molecule has 104 valence electrons. The van der Waals surface area contributed by atoms with Crippen LogP contribution >= 0.6 is 11.3 Å². The summed E-state index contributed by atoms with van der Waals surface area (Å²) < 4.78 is 28.6. The quantitative estimate of drug-likeness (QED) is 0.893. The Labute approximate surface area is 116 Å². The molecule has 0 fully saturated rings. The summed E-state index contributed by atoms with van der Waals surface area (Å²) in [7, 11) is -2.09. The highest BCUT2D eigenvalue weighted by Gasteiger charge is 2.25. The first kappa shape index (κ1) is 14.0. The van der Waals surface area contributed by atoms with Gasteiger partial charge < -0.3 is 10.3 Å². The van der Waals surface area contributed by atoms with Crippen LogP contribution in [0.15, 0.2) is 23.5 Å². The monoisotopic (exact) mass is 300 g/mol. The van der Waals surface area contributed by atoms with E-state index in [0.717, 1.165) is 9.75 Å². The van der Waals surface area contributed by atoms with Gasteiger partial charge in [0, 0.05) is 16.8 Å². The fraction of sp³-hybridized carbons (Fsp3) is 0.364. The number of aryl methyl sites for hydroxylation is 2. The van der Waals surface area contributed by atoms with Gasteiger partial charge in [-0.15, -0.1) is 11.3 Å². The fourth-order valence-electron chi connectivity index (χ4n) is 1.80. The minimum Gasteiger partial charge on any atom is -0.381 e. The highest BCUT2D eigenvalue weighted by Crippen LogP contribution is 2.25. The number of nitrogen functional groups attached to an aromatic ring is 1. The predicted octanol–water partition coefficient (Wildman–Crippen LogP) is 1.41. The smallest absolute Gasteiger partial charge is 0.260 e. The lowest BCUT2D eigenvalue weighted by Crippen LogP contribution is -2.28. The van der Waals surface area contributed by atoms with Crippen molar-refractivity contribution < 1.29 is 8.42 Å². The number of sulfonamides is 1. The van der Waals surface area contributed by atoms with E-state index >= 15 is 0 Å². The molecule has 0 aliphatic carbocycles. The third-order valence-corrected chi connectivity index (χ3v) is 5.54. The van der Waals surface area contributed by atoms with E-state index in [0.29, 0.717) is 0 Å². The normalized spacial score (nSPS) is 13.6. The molecule has 2 rings (SSSR count). The van der Waals surface area contributed by atoms with Gasteiger partial charge in [-0.3, -0.25) is 0 Å². The van der Waals surface area contributed by atoms with Gasteiger partial charge in [-0.2, -0.15) is 0 Å². The van der Waals surface area contributed by atoms with Gasteiger partial charge in [0.05, 0.1) is 12.4 Å². The second-order valence-electron chi connectivity index (χ2n) is 4.34. The van der Waals surface area contributed by atoms with Gasteiger partial charge in [0.2, 0.25) is 0 Å². The van der Waals surface area contributed by atoms with Gasteiger partial charge in [0.15, 0.2) is 10.8 Å². The molecule has 0 saturated carbocycles. The third kappa shape index (κ3) is 2.80. The summed E-state index contributed by atoms with van der Waals surface area (Å²) in [6.07, 6.45) is 1.38. The van der Waals surface area contributed by atoms with Crippen LogP contribution in [-0.4, -0.2) is 18.0 Å². The van der Waals surface area contributed by atoms with Crippen LogP contribution in [0.2, 0.25) is 0 Å². The molecule has 0 bridgehead atoms. The molecule has 1 atom stereocenters. The molecule has 0 amide bonds. The Kier molecular flexibility index (Phi) is 3.66. The van der Waals surface area contributed by atoms with Gasteiger partial charge in [-0.1, -0.05) is 0 Å². The van der Waals surface area contributed by atoms with E-state index in [9.17, 15) is 8.42 Å². The molecule has 3 N–H and O–H groups in total. The molecule has 2 aromatic heterocycles. The summed E-state index contributed by atoms with van der Waals surface area (Å²) in [5.41, 5.74) is 5.60. The average molecular weight is 300 g/mol. The predicted molar refractivity (Wildman–Crippen MR) is 75.4 cm³/mol. The van der Waals surface area contributed by atoms with Crippen molar-refractivity contribution in [1.82, 2.24) is 14.3 Å². The van der Waals surface area contributed by atoms with E-state index in [1.165, 1.54) is 10.9 Å². The van der Waals surface area contributed by atoms with Gasteiger partial charge in [-0.05, 0) is 26.0 Å². The zero-order chi connectivity index (χ0) is 14.2. The minimum absolute atomic E-state index is 0.00422. The first-order chi connectivity index (χ1) is 8.81. The van der Waals surface area contributed by atoms with Gasteiger partial charge >= 0.3 is 0 Å². The van der Waals surface area contributed by atoms with Gasteiger partial charge in [0.1, 0.15) is 0 Å². The molecule has 6 nitrogen and oxygen atoms in total. The van der Waals surface area contributed by atoms with Crippen molar-refractivity contribution in [1.29, 1.82) is 0 Å². The van der Waals surface area contributed by atoms with Crippen LogP contribution in [0, 0.1) is 6.92 Å². The average Bonchev–Trinajstić information content (AvgIpc) is 2.85. The van der Waals surface area contributed by atoms with E-state index in [2.05, 4.69) is 9.71 Å².